The minimum absolute atomic E-state index is 0.0529. The molecule has 2 unspecified atom stereocenters. The summed E-state index contributed by atoms with van der Waals surface area (Å²) < 4.78 is 0. The molecule has 3 heteroatoms. The van der Waals surface area contributed by atoms with Crippen molar-refractivity contribution < 1.29 is 9.90 Å². The van der Waals surface area contributed by atoms with Gasteiger partial charge in [-0.3, -0.25) is 4.79 Å². The van der Waals surface area contributed by atoms with Gasteiger partial charge in [-0.25, -0.2) is 0 Å². The number of carboxylic acids is 1. The summed E-state index contributed by atoms with van der Waals surface area (Å²) >= 11 is 0. The molecule has 98 valence electrons. The van der Waals surface area contributed by atoms with E-state index < -0.39 is 5.97 Å². The quantitative estimate of drug-likeness (QED) is 0.891. The molecule has 0 saturated carbocycles. The van der Waals surface area contributed by atoms with Crippen molar-refractivity contribution in [3.8, 4) is 0 Å². The molecule has 1 heterocycles. The number of benzene rings is 1. The molecule has 1 N–H and O–H groups in total. The molecule has 2 rings (SSSR count). The number of piperidine rings is 1. The van der Waals surface area contributed by atoms with Crippen LogP contribution in [-0.2, 0) is 11.2 Å². The van der Waals surface area contributed by atoms with E-state index in [4.69, 9.17) is 0 Å². The number of aliphatic carboxylic acids is 1. The van der Waals surface area contributed by atoms with Crippen LogP contribution in [0.3, 0.4) is 0 Å². The molecule has 0 spiro atoms. The Bertz CT molecular complexity index is 418. The van der Waals surface area contributed by atoms with Gasteiger partial charge in [-0.1, -0.05) is 30.3 Å². The molecule has 1 aliphatic rings. The number of carbonyl (C=O) groups is 1. The molecular formula is C15H21NO2. The third-order valence-corrected chi connectivity index (χ3v) is 4.20. The van der Waals surface area contributed by atoms with Crippen molar-refractivity contribution in [3.05, 3.63) is 35.9 Å². The first-order chi connectivity index (χ1) is 8.51. The lowest BCUT2D eigenvalue weighted by Gasteiger charge is -2.45. The monoisotopic (exact) mass is 247 g/mol. The lowest BCUT2D eigenvalue weighted by atomic mass is 9.78. The van der Waals surface area contributed by atoms with Crippen LogP contribution in [0.4, 0.5) is 0 Å². The van der Waals surface area contributed by atoms with Gasteiger partial charge >= 0.3 is 5.97 Å². The van der Waals surface area contributed by atoms with E-state index in [1.54, 1.807) is 0 Å². The average molecular weight is 247 g/mol. The number of carboxylic acid groups (broad SMARTS) is 1. The topological polar surface area (TPSA) is 40.5 Å². The van der Waals surface area contributed by atoms with Crippen LogP contribution in [0, 0.1) is 5.92 Å². The van der Waals surface area contributed by atoms with E-state index >= 15 is 0 Å². The molecule has 1 aromatic carbocycles. The number of rotatable bonds is 3. The summed E-state index contributed by atoms with van der Waals surface area (Å²) in [5.74, 6) is -0.850. The first-order valence-electron chi connectivity index (χ1n) is 6.49. The van der Waals surface area contributed by atoms with Crippen LogP contribution in [0.15, 0.2) is 30.3 Å². The first-order valence-corrected chi connectivity index (χ1v) is 6.49. The summed E-state index contributed by atoms with van der Waals surface area (Å²) in [6.45, 7) is 3.04. The smallest absolute Gasteiger partial charge is 0.306 e. The molecule has 1 aromatic rings. The number of likely N-dealkylation sites (tertiary alicyclic amines) is 1. The summed E-state index contributed by atoms with van der Waals surface area (Å²) in [5, 5.41) is 9.20. The Morgan fingerprint density at radius 3 is 2.72 bits per heavy atom. The Morgan fingerprint density at radius 1 is 1.44 bits per heavy atom. The standard InChI is InChI=1S/C15H21NO2/c1-15(10-12-6-4-3-5-7-12)11-13(14(17)18)8-9-16(15)2/h3-7,13H,8-11H2,1-2H3,(H,17,18). The average Bonchev–Trinajstić information content (AvgIpc) is 2.34. The van der Waals surface area contributed by atoms with Gasteiger partial charge in [-0.05, 0) is 45.3 Å². The van der Waals surface area contributed by atoms with Gasteiger partial charge in [-0.15, -0.1) is 0 Å². The number of hydrogen-bond donors (Lipinski definition) is 1. The lowest BCUT2D eigenvalue weighted by Crippen LogP contribution is -2.52. The fraction of sp³-hybridized carbons (Fsp3) is 0.533. The Hall–Kier alpha value is -1.35. The van der Waals surface area contributed by atoms with Crippen molar-refractivity contribution in [1.82, 2.24) is 4.90 Å². The van der Waals surface area contributed by atoms with Crippen LogP contribution >= 0.6 is 0 Å². The van der Waals surface area contributed by atoms with Crippen molar-refractivity contribution >= 4 is 5.97 Å². The van der Waals surface area contributed by atoms with Crippen LogP contribution in [0.5, 0.6) is 0 Å². The lowest BCUT2D eigenvalue weighted by molar-refractivity contribution is -0.145. The predicted octanol–water partition coefficient (Wildman–Crippen LogP) is 2.41. The van der Waals surface area contributed by atoms with Gasteiger partial charge in [0, 0.05) is 5.54 Å². The maximum atomic E-state index is 11.2. The van der Waals surface area contributed by atoms with E-state index in [-0.39, 0.29) is 11.5 Å². The van der Waals surface area contributed by atoms with Gasteiger partial charge in [0.15, 0.2) is 0 Å². The fourth-order valence-corrected chi connectivity index (χ4v) is 2.86. The fourth-order valence-electron chi connectivity index (χ4n) is 2.86. The molecule has 3 nitrogen and oxygen atoms in total. The number of hydrogen-bond acceptors (Lipinski definition) is 2. The highest BCUT2D eigenvalue weighted by Crippen LogP contribution is 2.33. The van der Waals surface area contributed by atoms with Gasteiger partial charge in [0.25, 0.3) is 0 Å². The SMILES string of the molecule is CN1CCC(C(=O)O)CC1(C)Cc1ccccc1. The largest absolute Gasteiger partial charge is 0.481 e. The number of likely N-dealkylation sites (N-methyl/N-ethyl adjacent to an activating group) is 1. The van der Waals surface area contributed by atoms with Gasteiger partial charge in [0.05, 0.1) is 5.92 Å². The number of nitrogens with zero attached hydrogens (tertiary/aromatic N) is 1. The van der Waals surface area contributed by atoms with Crippen molar-refractivity contribution in [1.29, 1.82) is 0 Å². The summed E-state index contributed by atoms with van der Waals surface area (Å²) in [7, 11) is 2.10. The Labute approximate surface area is 108 Å². The van der Waals surface area contributed by atoms with Gasteiger partial charge in [-0.2, -0.15) is 0 Å². The molecule has 18 heavy (non-hydrogen) atoms. The van der Waals surface area contributed by atoms with Crippen molar-refractivity contribution in [3.63, 3.8) is 0 Å². The van der Waals surface area contributed by atoms with Crippen molar-refractivity contribution in [2.45, 2.75) is 31.7 Å². The Balaban J connectivity index is 2.14. The zero-order valence-corrected chi connectivity index (χ0v) is 11.1. The predicted molar refractivity (Wildman–Crippen MR) is 71.5 cm³/mol. The molecule has 1 aliphatic heterocycles. The van der Waals surface area contributed by atoms with E-state index in [2.05, 4.69) is 31.0 Å². The molecule has 2 atom stereocenters. The zero-order chi connectivity index (χ0) is 13.2. The van der Waals surface area contributed by atoms with Crippen molar-refractivity contribution in [2.24, 2.45) is 5.92 Å². The summed E-state index contributed by atoms with van der Waals surface area (Å²) in [5.41, 5.74) is 1.22. The normalized spacial score (nSPS) is 29.1. The van der Waals surface area contributed by atoms with E-state index in [1.165, 1.54) is 5.56 Å². The molecule has 0 aromatic heterocycles. The minimum atomic E-state index is -0.651. The Morgan fingerprint density at radius 2 is 2.11 bits per heavy atom. The maximum absolute atomic E-state index is 11.2. The third-order valence-electron chi connectivity index (χ3n) is 4.20. The summed E-state index contributed by atoms with van der Waals surface area (Å²) in [6, 6.07) is 10.3. The van der Waals surface area contributed by atoms with Crippen LogP contribution in [0.1, 0.15) is 25.3 Å². The molecule has 0 aliphatic carbocycles. The molecule has 1 fully saturated rings. The van der Waals surface area contributed by atoms with E-state index in [0.717, 1.165) is 25.8 Å². The second kappa shape index (κ2) is 5.11. The second-order valence-corrected chi connectivity index (χ2v) is 5.61. The van der Waals surface area contributed by atoms with Crippen LogP contribution in [0.25, 0.3) is 0 Å². The highest BCUT2D eigenvalue weighted by molar-refractivity contribution is 5.70. The zero-order valence-electron chi connectivity index (χ0n) is 11.1. The van der Waals surface area contributed by atoms with E-state index in [1.807, 2.05) is 18.2 Å². The van der Waals surface area contributed by atoms with Crippen LogP contribution in [0.2, 0.25) is 0 Å². The first kappa shape index (κ1) is 13.1. The van der Waals surface area contributed by atoms with Gasteiger partial charge in [0.2, 0.25) is 0 Å². The Kier molecular flexibility index (Phi) is 3.71. The van der Waals surface area contributed by atoms with Crippen LogP contribution < -0.4 is 0 Å². The highest BCUT2D eigenvalue weighted by Gasteiger charge is 2.39. The maximum Gasteiger partial charge on any atom is 0.306 e. The summed E-state index contributed by atoms with van der Waals surface area (Å²) in [4.78, 5) is 13.5. The molecule has 1 saturated heterocycles. The van der Waals surface area contributed by atoms with Crippen molar-refractivity contribution in [2.75, 3.05) is 13.6 Å². The van der Waals surface area contributed by atoms with E-state index in [0.29, 0.717) is 0 Å². The summed E-state index contributed by atoms with van der Waals surface area (Å²) in [6.07, 6.45) is 2.40. The van der Waals surface area contributed by atoms with Crippen LogP contribution in [-0.4, -0.2) is 35.1 Å². The highest BCUT2D eigenvalue weighted by atomic mass is 16.4. The minimum Gasteiger partial charge on any atom is -0.481 e. The van der Waals surface area contributed by atoms with Gasteiger partial charge < -0.3 is 10.0 Å². The molecule has 0 bridgehead atoms. The van der Waals surface area contributed by atoms with E-state index in [9.17, 15) is 9.90 Å². The second-order valence-electron chi connectivity index (χ2n) is 5.61. The van der Waals surface area contributed by atoms with Gasteiger partial charge in [0.1, 0.15) is 0 Å². The third kappa shape index (κ3) is 2.72. The molecule has 0 amide bonds. The molecule has 0 radical (unpaired) electrons. The molecular weight excluding hydrogens is 226 g/mol.